The van der Waals surface area contributed by atoms with Gasteiger partial charge in [-0.3, -0.25) is 0 Å². The maximum atomic E-state index is 11.4. The number of nitrogens with zero attached hydrogens (tertiary/aromatic N) is 1. The van der Waals surface area contributed by atoms with Crippen molar-refractivity contribution in [3.8, 4) is 0 Å². The highest BCUT2D eigenvalue weighted by atomic mass is 32.1. The fraction of sp³-hybridized carbons (Fsp3) is 0.312. The summed E-state index contributed by atoms with van der Waals surface area (Å²) in [6.45, 7) is 3.16. The van der Waals surface area contributed by atoms with Gasteiger partial charge in [0.1, 0.15) is 0 Å². The van der Waals surface area contributed by atoms with Gasteiger partial charge in [0, 0.05) is 12.2 Å². The lowest BCUT2D eigenvalue weighted by molar-refractivity contribution is 0.0695. The van der Waals surface area contributed by atoms with Gasteiger partial charge in [-0.25, -0.2) is 4.79 Å². The summed E-state index contributed by atoms with van der Waals surface area (Å²) in [6.07, 6.45) is 1.86. The molecule has 0 fully saturated rings. The van der Waals surface area contributed by atoms with Crippen LogP contribution in [0, 0.1) is 0 Å². The standard InChI is InChI=1S/C16H17NO2S/c1-11(12-7-9-20-10-12)17-8-3-5-13-14(16(18)19)4-2-6-15(13)17/h2,4,6-7,9-11H,3,5,8H2,1H3,(H,18,19). The lowest BCUT2D eigenvalue weighted by Gasteiger charge is -2.36. The quantitative estimate of drug-likeness (QED) is 0.929. The van der Waals surface area contributed by atoms with Gasteiger partial charge in [0.05, 0.1) is 11.6 Å². The minimum absolute atomic E-state index is 0.282. The number of carbonyl (C=O) groups is 1. The number of anilines is 1. The Morgan fingerprint density at radius 2 is 2.25 bits per heavy atom. The van der Waals surface area contributed by atoms with Crippen molar-refractivity contribution < 1.29 is 9.90 Å². The smallest absolute Gasteiger partial charge is 0.336 e. The number of fused-ring (bicyclic) bond motifs is 1. The van der Waals surface area contributed by atoms with Gasteiger partial charge in [-0.05, 0) is 59.9 Å². The van der Waals surface area contributed by atoms with E-state index in [1.54, 1.807) is 17.4 Å². The van der Waals surface area contributed by atoms with Crippen molar-refractivity contribution >= 4 is 23.0 Å². The van der Waals surface area contributed by atoms with E-state index < -0.39 is 5.97 Å². The SMILES string of the molecule is CC(c1ccsc1)N1CCCc2c(C(=O)O)cccc21. The maximum Gasteiger partial charge on any atom is 0.336 e. The highest BCUT2D eigenvalue weighted by Crippen LogP contribution is 2.36. The lowest BCUT2D eigenvalue weighted by Crippen LogP contribution is -2.32. The van der Waals surface area contributed by atoms with Crippen molar-refractivity contribution in [3.63, 3.8) is 0 Å². The topological polar surface area (TPSA) is 40.5 Å². The van der Waals surface area contributed by atoms with Crippen LogP contribution in [0.3, 0.4) is 0 Å². The van der Waals surface area contributed by atoms with Crippen molar-refractivity contribution in [2.24, 2.45) is 0 Å². The Morgan fingerprint density at radius 1 is 1.40 bits per heavy atom. The lowest BCUT2D eigenvalue weighted by atomic mass is 9.94. The van der Waals surface area contributed by atoms with Gasteiger partial charge in [-0.2, -0.15) is 11.3 Å². The molecule has 0 saturated carbocycles. The number of carboxylic acid groups (broad SMARTS) is 1. The molecule has 1 aromatic heterocycles. The van der Waals surface area contributed by atoms with E-state index in [-0.39, 0.29) is 6.04 Å². The Morgan fingerprint density at radius 3 is 2.95 bits per heavy atom. The molecule has 3 nitrogen and oxygen atoms in total. The Labute approximate surface area is 122 Å². The maximum absolute atomic E-state index is 11.4. The summed E-state index contributed by atoms with van der Waals surface area (Å²) in [5, 5.41) is 13.6. The third kappa shape index (κ3) is 2.20. The Hall–Kier alpha value is -1.81. The van der Waals surface area contributed by atoms with E-state index in [4.69, 9.17) is 0 Å². The van der Waals surface area contributed by atoms with Crippen LogP contribution >= 0.6 is 11.3 Å². The highest BCUT2D eigenvalue weighted by Gasteiger charge is 2.25. The van der Waals surface area contributed by atoms with Crippen LogP contribution in [0.5, 0.6) is 0 Å². The molecule has 0 saturated heterocycles. The zero-order valence-electron chi connectivity index (χ0n) is 11.4. The van der Waals surface area contributed by atoms with E-state index in [2.05, 4.69) is 28.7 Å². The number of hydrogen-bond acceptors (Lipinski definition) is 3. The van der Waals surface area contributed by atoms with Crippen LogP contribution < -0.4 is 4.90 Å². The van der Waals surface area contributed by atoms with Gasteiger partial charge in [0.15, 0.2) is 0 Å². The van der Waals surface area contributed by atoms with E-state index in [9.17, 15) is 9.90 Å². The average Bonchev–Trinajstić information content (AvgIpc) is 2.99. The Balaban J connectivity index is 2.02. The van der Waals surface area contributed by atoms with Crippen LogP contribution in [0.1, 0.15) is 40.9 Å². The molecule has 1 N–H and O–H groups in total. The summed E-state index contributed by atoms with van der Waals surface area (Å²) in [6, 6.07) is 8.03. The molecule has 0 amide bonds. The molecule has 4 heteroatoms. The Kier molecular flexibility index (Phi) is 3.49. The van der Waals surface area contributed by atoms with E-state index in [1.807, 2.05) is 12.1 Å². The summed E-state index contributed by atoms with van der Waals surface area (Å²) in [5.41, 5.74) is 3.80. The predicted molar refractivity (Wildman–Crippen MR) is 81.8 cm³/mol. The van der Waals surface area contributed by atoms with E-state index in [0.717, 1.165) is 30.6 Å². The number of hydrogen-bond donors (Lipinski definition) is 1. The molecule has 0 radical (unpaired) electrons. The van der Waals surface area contributed by atoms with Crippen LogP contribution in [0.25, 0.3) is 0 Å². The molecular formula is C16H17NO2S. The average molecular weight is 287 g/mol. The second-order valence-electron chi connectivity index (χ2n) is 5.14. The molecular weight excluding hydrogens is 270 g/mol. The minimum atomic E-state index is -0.827. The zero-order valence-corrected chi connectivity index (χ0v) is 12.2. The van der Waals surface area contributed by atoms with E-state index >= 15 is 0 Å². The van der Waals surface area contributed by atoms with Crippen molar-refractivity contribution in [3.05, 3.63) is 51.7 Å². The summed E-state index contributed by atoms with van der Waals surface area (Å²) in [4.78, 5) is 13.7. The van der Waals surface area contributed by atoms with Gasteiger partial charge < -0.3 is 10.0 Å². The monoisotopic (exact) mass is 287 g/mol. The fourth-order valence-corrected chi connectivity index (χ4v) is 3.70. The van der Waals surface area contributed by atoms with Gasteiger partial charge in [-0.1, -0.05) is 6.07 Å². The van der Waals surface area contributed by atoms with E-state index in [0.29, 0.717) is 5.56 Å². The van der Waals surface area contributed by atoms with Crippen LogP contribution in [0.4, 0.5) is 5.69 Å². The van der Waals surface area contributed by atoms with Gasteiger partial charge in [0.25, 0.3) is 0 Å². The number of aromatic carboxylic acids is 1. The molecule has 2 aromatic rings. The predicted octanol–water partition coefficient (Wildman–Crippen LogP) is 3.96. The van der Waals surface area contributed by atoms with Crippen LogP contribution in [0.15, 0.2) is 35.0 Å². The third-order valence-corrected chi connectivity index (χ3v) is 4.71. The second kappa shape index (κ2) is 5.29. The zero-order chi connectivity index (χ0) is 14.1. The third-order valence-electron chi connectivity index (χ3n) is 4.01. The number of rotatable bonds is 3. The highest BCUT2D eigenvalue weighted by molar-refractivity contribution is 7.08. The first-order valence-electron chi connectivity index (χ1n) is 6.82. The summed E-state index contributed by atoms with van der Waals surface area (Å²) in [5.74, 6) is -0.827. The van der Waals surface area contributed by atoms with Gasteiger partial charge in [0.2, 0.25) is 0 Å². The van der Waals surface area contributed by atoms with Gasteiger partial charge >= 0.3 is 5.97 Å². The summed E-state index contributed by atoms with van der Waals surface area (Å²) < 4.78 is 0. The summed E-state index contributed by atoms with van der Waals surface area (Å²) in [7, 11) is 0. The first-order chi connectivity index (χ1) is 9.68. The molecule has 20 heavy (non-hydrogen) atoms. The molecule has 3 rings (SSSR count). The second-order valence-corrected chi connectivity index (χ2v) is 5.92. The number of thiophene rings is 1. The molecule has 1 atom stereocenters. The van der Waals surface area contributed by atoms with Crippen LogP contribution in [-0.4, -0.2) is 17.6 Å². The van der Waals surface area contributed by atoms with Crippen LogP contribution in [-0.2, 0) is 6.42 Å². The number of benzene rings is 1. The van der Waals surface area contributed by atoms with Crippen molar-refractivity contribution in [2.45, 2.75) is 25.8 Å². The first kappa shape index (κ1) is 13.2. The normalized spacial score (nSPS) is 15.8. The largest absolute Gasteiger partial charge is 0.478 e. The number of carboxylic acids is 1. The van der Waals surface area contributed by atoms with E-state index in [1.165, 1.54) is 5.56 Å². The molecule has 0 aliphatic carbocycles. The molecule has 104 valence electrons. The molecule has 0 spiro atoms. The minimum Gasteiger partial charge on any atom is -0.478 e. The molecule has 1 aliphatic rings. The van der Waals surface area contributed by atoms with Crippen molar-refractivity contribution in [1.29, 1.82) is 0 Å². The van der Waals surface area contributed by atoms with Crippen LogP contribution in [0.2, 0.25) is 0 Å². The molecule has 1 unspecified atom stereocenters. The van der Waals surface area contributed by atoms with Gasteiger partial charge in [-0.15, -0.1) is 0 Å². The molecule has 2 heterocycles. The first-order valence-corrected chi connectivity index (χ1v) is 7.76. The molecule has 1 aromatic carbocycles. The van der Waals surface area contributed by atoms with Crippen molar-refractivity contribution in [2.75, 3.05) is 11.4 Å². The summed E-state index contributed by atoms with van der Waals surface area (Å²) >= 11 is 1.70. The van der Waals surface area contributed by atoms with Crippen molar-refractivity contribution in [1.82, 2.24) is 0 Å². The molecule has 1 aliphatic heterocycles. The Bertz CT molecular complexity index is 621. The molecule has 0 bridgehead atoms. The fourth-order valence-electron chi connectivity index (χ4n) is 2.95.